The Bertz CT molecular complexity index is 1050. The topological polar surface area (TPSA) is 60.1 Å². The number of benzene rings is 1. The molecule has 0 saturated heterocycles. The number of hydrogen-bond donors (Lipinski definition) is 0. The number of nitrogens with zero attached hydrogens (tertiary/aromatic N) is 3. The number of nitriles is 2. The van der Waals surface area contributed by atoms with Crippen LogP contribution in [0.1, 0.15) is 57.2 Å². The normalized spacial score (nSPS) is 16.1. The van der Waals surface area contributed by atoms with Crippen LogP contribution in [-0.2, 0) is 17.6 Å². The van der Waals surface area contributed by atoms with E-state index in [4.69, 9.17) is 4.74 Å². The van der Waals surface area contributed by atoms with Gasteiger partial charge in [-0.3, -0.25) is 0 Å². The van der Waals surface area contributed by atoms with E-state index >= 15 is 0 Å². The third-order valence-electron chi connectivity index (χ3n) is 5.63. The summed E-state index contributed by atoms with van der Waals surface area (Å²) in [6.07, 6.45) is 12.0. The molecule has 3 rings (SSSR count). The van der Waals surface area contributed by atoms with Crippen molar-refractivity contribution in [1.29, 1.82) is 10.5 Å². The first-order valence-corrected chi connectivity index (χ1v) is 11.0. The molecule has 0 aromatic heterocycles. The minimum atomic E-state index is -0.237. The molecule has 1 aromatic carbocycles. The van der Waals surface area contributed by atoms with Crippen molar-refractivity contribution in [2.24, 2.45) is 5.41 Å². The molecule has 160 valence electrons. The van der Waals surface area contributed by atoms with Gasteiger partial charge < -0.3 is 9.64 Å². The molecule has 0 fully saturated rings. The highest BCUT2D eigenvalue weighted by Crippen LogP contribution is 2.35. The molecule has 2 heterocycles. The number of hydrogen-bond acceptors (Lipinski definition) is 4. The summed E-state index contributed by atoms with van der Waals surface area (Å²) >= 11 is 0. The molecule has 0 spiro atoms. The predicted octanol–water partition coefficient (Wildman–Crippen LogP) is 6.22. The highest BCUT2D eigenvalue weighted by Gasteiger charge is 2.24. The zero-order chi connectivity index (χ0) is 22.6. The van der Waals surface area contributed by atoms with Crippen molar-refractivity contribution in [2.45, 2.75) is 53.4 Å². The first kappa shape index (κ1) is 22.4. The van der Waals surface area contributed by atoms with Crippen molar-refractivity contribution in [3.05, 3.63) is 69.7 Å². The third kappa shape index (κ3) is 5.09. The van der Waals surface area contributed by atoms with Crippen LogP contribution in [0.4, 0.5) is 5.69 Å². The molecule has 4 heteroatoms. The van der Waals surface area contributed by atoms with Crippen LogP contribution in [-0.4, -0.2) is 13.6 Å². The maximum atomic E-state index is 9.32. The molecule has 0 radical (unpaired) electrons. The smallest absolute Gasteiger partial charge is 0.137 e. The molecule has 31 heavy (non-hydrogen) atoms. The minimum absolute atomic E-state index is 0.0954. The SMILES string of the molecule is CCCc1cc(C=CC2=CC(=C(C#N)C#N)C=C(C(C)(C)C)O2)cc2c1N(C)CCC2. The summed E-state index contributed by atoms with van der Waals surface area (Å²) in [5.41, 5.74) is 5.81. The second kappa shape index (κ2) is 9.27. The summed E-state index contributed by atoms with van der Waals surface area (Å²) < 4.78 is 6.12. The third-order valence-corrected chi connectivity index (χ3v) is 5.63. The zero-order valence-electron chi connectivity index (χ0n) is 19.2. The molecule has 0 unspecified atom stereocenters. The van der Waals surface area contributed by atoms with Gasteiger partial charge in [-0.05, 0) is 66.3 Å². The van der Waals surface area contributed by atoms with Gasteiger partial charge in [0.15, 0.2) is 0 Å². The van der Waals surface area contributed by atoms with E-state index in [0.29, 0.717) is 11.3 Å². The average Bonchev–Trinajstić information content (AvgIpc) is 2.72. The largest absolute Gasteiger partial charge is 0.461 e. The fraction of sp³-hybridized carbons (Fsp3) is 0.407. The highest BCUT2D eigenvalue weighted by atomic mass is 16.5. The number of fused-ring (bicyclic) bond motifs is 1. The molecule has 0 amide bonds. The van der Waals surface area contributed by atoms with Gasteiger partial charge in [-0.1, -0.05) is 40.2 Å². The van der Waals surface area contributed by atoms with Gasteiger partial charge in [-0.25, -0.2) is 0 Å². The molecule has 0 atom stereocenters. The molecule has 4 nitrogen and oxygen atoms in total. The first-order chi connectivity index (χ1) is 14.8. The molecule has 2 aliphatic heterocycles. The lowest BCUT2D eigenvalue weighted by molar-refractivity contribution is 0.223. The Morgan fingerprint density at radius 3 is 2.55 bits per heavy atom. The molecular weight excluding hydrogens is 382 g/mol. The Kier molecular flexibility index (Phi) is 6.71. The van der Waals surface area contributed by atoms with Gasteiger partial charge in [-0.2, -0.15) is 10.5 Å². The molecule has 1 aromatic rings. The van der Waals surface area contributed by atoms with Crippen molar-refractivity contribution in [3.8, 4) is 12.1 Å². The van der Waals surface area contributed by atoms with Crippen LogP contribution >= 0.6 is 0 Å². The van der Waals surface area contributed by atoms with Gasteiger partial charge >= 0.3 is 0 Å². The Labute approximate surface area is 186 Å². The fourth-order valence-corrected chi connectivity index (χ4v) is 4.09. The van der Waals surface area contributed by atoms with Crippen molar-refractivity contribution in [3.63, 3.8) is 0 Å². The van der Waals surface area contributed by atoms with Crippen molar-refractivity contribution in [2.75, 3.05) is 18.5 Å². The van der Waals surface area contributed by atoms with Crippen LogP contribution in [0.2, 0.25) is 0 Å². The van der Waals surface area contributed by atoms with E-state index in [2.05, 4.69) is 57.9 Å². The lowest BCUT2D eigenvalue weighted by atomic mass is 9.90. The second-order valence-electron chi connectivity index (χ2n) is 9.26. The van der Waals surface area contributed by atoms with Crippen LogP contribution in [0.25, 0.3) is 6.08 Å². The minimum Gasteiger partial charge on any atom is -0.461 e. The van der Waals surface area contributed by atoms with E-state index in [1.807, 2.05) is 18.2 Å². The number of aryl methyl sites for hydroxylation is 2. The van der Waals surface area contributed by atoms with E-state index in [9.17, 15) is 10.5 Å². The quantitative estimate of drug-likeness (QED) is 0.550. The molecule has 0 bridgehead atoms. The maximum absolute atomic E-state index is 9.32. The first-order valence-electron chi connectivity index (χ1n) is 11.0. The Morgan fingerprint density at radius 1 is 1.16 bits per heavy atom. The van der Waals surface area contributed by atoms with E-state index < -0.39 is 0 Å². The van der Waals surface area contributed by atoms with Crippen LogP contribution in [0, 0.1) is 28.1 Å². The standard InChI is InChI=1S/C27H31N3O/c1-6-8-20-13-19(14-21-9-7-12-30(5)26(20)21)10-11-24-15-22(23(17-28)18-29)16-25(31-24)27(2,3)4/h10-11,13-16H,6-9,12H2,1-5H3. The van der Waals surface area contributed by atoms with Crippen molar-refractivity contribution in [1.82, 2.24) is 0 Å². The second-order valence-corrected chi connectivity index (χ2v) is 9.26. The number of anilines is 1. The van der Waals surface area contributed by atoms with Gasteiger partial charge in [-0.15, -0.1) is 0 Å². The van der Waals surface area contributed by atoms with E-state index in [-0.39, 0.29) is 11.0 Å². The molecule has 0 saturated carbocycles. The van der Waals surface area contributed by atoms with E-state index in [1.54, 1.807) is 12.2 Å². The molecule has 2 aliphatic rings. The summed E-state index contributed by atoms with van der Waals surface area (Å²) in [4.78, 5) is 2.38. The summed E-state index contributed by atoms with van der Waals surface area (Å²) in [7, 11) is 2.18. The van der Waals surface area contributed by atoms with E-state index in [1.165, 1.54) is 23.2 Å². The zero-order valence-corrected chi connectivity index (χ0v) is 19.2. The van der Waals surface area contributed by atoms with Crippen molar-refractivity contribution >= 4 is 11.8 Å². The van der Waals surface area contributed by atoms with Gasteiger partial charge in [0, 0.05) is 30.3 Å². The highest BCUT2D eigenvalue weighted by molar-refractivity contribution is 5.67. The van der Waals surface area contributed by atoms with Crippen LogP contribution in [0.5, 0.6) is 0 Å². The van der Waals surface area contributed by atoms with Gasteiger partial charge in [0.2, 0.25) is 0 Å². The summed E-state index contributed by atoms with van der Waals surface area (Å²) in [5, 5.41) is 18.6. The van der Waals surface area contributed by atoms with Crippen LogP contribution in [0.15, 0.2) is 53.0 Å². The molecule has 0 N–H and O–H groups in total. The van der Waals surface area contributed by atoms with Crippen molar-refractivity contribution < 1.29 is 4.74 Å². The Balaban J connectivity index is 1.99. The number of ether oxygens (including phenoxy) is 1. The predicted molar refractivity (Wildman–Crippen MR) is 126 cm³/mol. The summed E-state index contributed by atoms with van der Waals surface area (Å²) in [6.45, 7) is 9.49. The number of rotatable bonds is 4. The maximum Gasteiger partial charge on any atom is 0.137 e. The Morgan fingerprint density at radius 2 is 1.90 bits per heavy atom. The lowest BCUT2D eigenvalue weighted by Crippen LogP contribution is -2.26. The average molecular weight is 414 g/mol. The summed E-state index contributed by atoms with van der Waals surface area (Å²) in [6, 6.07) is 8.54. The van der Waals surface area contributed by atoms with Gasteiger partial charge in [0.05, 0.1) is 0 Å². The molecule has 0 aliphatic carbocycles. The summed E-state index contributed by atoms with van der Waals surface area (Å²) in [5.74, 6) is 1.38. The van der Waals surface area contributed by atoms with Gasteiger partial charge in [0.25, 0.3) is 0 Å². The fourth-order valence-electron chi connectivity index (χ4n) is 4.09. The lowest BCUT2D eigenvalue weighted by Gasteiger charge is -2.30. The van der Waals surface area contributed by atoms with Crippen LogP contribution < -0.4 is 4.90 Å². The monoisotopic (exact) mass is 413 g/mol. The van der Waals surface area contributed by atoms with E-state index in [0.717, 1.165) is 37.1 Å². The van der Waals surface area contributed by atoms with Gasteiger partial charge in [0.1, 0.15) is 29.2 Å². The van der Waals surface area contributed by atoms with Crippen LogP contribution in [0.3, 0.4) is 0 Å². The number of allylic oxidation sites excluding steroid dienone is 6. The Hall–Kier alpha value is -3.24. The molecular formula is C27H31N3O.